The lowest BCUT2D eigenvalue weighted by atomic mass is 9.77. The number of aliphatic hydroxyl groups excluding tert-OH is 1. The van der Waals surface area contributed by atoms with Crippen LogP contribution in [0.4, 0.5) is 0 Å². The van der Waals surface area contributed by atoms with Crippen LogP contribution in [0.5, 0.6) is 5.75 Å². The molecule has 0 aromatic heterocycles. The van der Waals surface area contributed by atoms with Gasteiger partial charge in [0.15, 0.2) is 6.61 Å². The largest absolute Gasteiger partial charge is 0.482 e. The number of ether oxygens (including phenoxy) is 1. The van der Waals surface area contributed by atoms with Gasteiger partial charge in [0.2, 0.25) is 0 Å². The molecule has 3 aromatic rings. The van der Waals surface area contributed by atoms with Gasteiger partial charge in [-0.25, -0.2) is 10.3 Å². The Morgan fingerprint density at radius 3 is 2.52 bits per heavy atom. The highest BCUT2D eigenvalue weighted by Crippen LogP contribution is 2.47. The second-order valence-corrected chi connectivity index (χ2v) is 11.2. The molecule has 5 rings (SSSR count). The number of carbonyl (C=O) groups excluding carboxylic acids is 2. The van der Waals surface area contributed by atoms with E-state index in [4.69, 9.17) is 37.9 Å². The molecule has 11 heteroatoms. The molecule has 2 aliphatic rings. The zero-order valence-corrected chi connectivity index (χ0v) is 24.1. The van der Waals surface area contributed by atoms with Crippen LogP contribution in [-0.4, -0.2) is 51.6 Å². The summed E-state index contributed by atoms with van der Waals surface area (Å²) in [5.74, 6) is -2.45. The zero-order chi connectivity index (χ0) is 29.8. The number of aliphatic carboxylic acids is 1. The lowest BCUT2D eigenvalue weighted by Crippen LogP contribution is -2.55. The molecule has 3 N–H and O–H groups in total. The number of aliphatic hydroxyl groups is 1. The molecule has 4 atom stereocenters. The maximum absolute atomic E-state index is 14.1. The van der Waals surface area contributed by atoms with Gasteiger partial charge >= 0.3 is 5.97 Å². The van der Waals surface area contributed by atoms with Crippen molar-refractivity contribution >= 4 is 41.0 Å². The third-order valence-electron chi connectivity index (χ3n) is 7.66. The van der Waals surface area contributed by atoms with E-state index in [2.05, 4.69) is 5.48 Å². The highest BCUT2D eigenvalue weighted by atomic mass is 35.5. The summed E-state index contributed by atoms with van der Waals surface area (Å²) in [5.41, 5.74) is 4.61. The molecule has 0 saturated heterocycles. The van der Waals surface area contributed by atoms with E-state index in [1.54, 1.807) is 71.6 Å². The van der Waals surface area contributed by atoms with Gasteiger partial charge in [0.05, 0.1) is 30.7 Å². The predicted octanol–water partition coefficient (Wildman–Crippen LogP) is 5.29. The molecule has 42 heavy (non-hydrogen) atoms. The number of amides is 2. The highest BCUT2D eigenvalue weighted by molar-refractivity contribution is 6.35. The summed E-state index contributed by atoms with van der Waals surface area (Å²) in [7, 11) is 0. The molecule has 9 nitrogen and oxygen atoms in total. The first-order chi connectivity index (χ1) is 20.2. The Morgan fingerprint density at radius 1 is 0.976 bits per heavy atom. The topological polar surface area (TPSA) is 125 Å². The van der Waals surface area contributed by atoms with E-state index in [9.17, 15) is 19.5 Å². The lowest BCUT2D eigenvalue weighted by molar-refractivity contribution is -0.140. The number of benzene rings is 3. The SMILES string of the molecule is O=C(O)COc1cccc(CONC(=O)[C@@H]2c3ccccc3C(=O)N([C@H]3CCCC[C@@H]3O)[C@H]2c2ccc(Cl)cc2Cl)c1. The summed E-state index contributed by atoms with van der Waals surface area (Å²) in [6.07, 6.45) is 2.07. The minimum atomic E-state index is -1.10. The molecule has 0 unspecified atom stereocenters. The Morgan fingerprint density at radius 2 is 1.76 bits per heavy atom. The van der Waals surface area contributed by atoms with E-state index in [1.807, 2.05) is 0 Å². The van der Waals surface area contributed by atoms with E-state index in [-0.39, 0.29) is 12.5 Å². The monoisotopic (exact) mass is 612 g/mol. The summed E-state index contributed by atoms with van der Waals surface area (Å²) in [6, 6.07) is 17.2. The standard InChI is InChI=1S/C31H30Cl2N2O7/c32-19-12-13-23(24(33)15-19)29-28(30(39)34-42-16-18-6-5-7-20(14-18)41-17-27(37)38)21-8-1-2-9-22(21)31(40)35(29)25-10-3-4-11-26(25)36/h1-2,5-9,12-15,25-26,28-29,36H,3-4,10-11,16-17H2,(H,34,39)(H,37,38)/t25-,26-,28+,29-/m0/s1. The second-order valence-electron chi connectivity index (χ2n) is 10.4. The maximum atomic E-state index is 14.1. The van der Waals surface area contributed by atoms with Gasteiger partial charge in [-0.05, 0) is 59.9 Å². The molecule has 1 aliphatic carbocycles. The third-order valence-corrected chi connectivity index (χ3v) is 8.23. The minimum absolute atomic E-state index is 0.0271. The number of carboxylic acids is 1. The summed E-state index contributed by atoms with van der Waals surface area (Å²) in [4.78, 5) is 46.1. The summed E-state index contributed by atoms with van der Waals surface area (Å²) >= 11 is 12.9. The van der Waals surface area contributed by atoms with Crippen molar-refractivity contribution in [1.29, 1.82) is 0 Å². The predicted molar refractivity (Wildman–Crippen MR) is 155 cm³/mol. The smallest absolute Gasteiger partial charge is 0.341 e. The highest BCUT2D eigenvalue weighted by Gasteiger charge is 2.49. The van der Waals surface area contributed by atoms with Gasteiger partial charge in [-0.3, -0.25) is 14.4 Å². The fourth-order valence-corrected chi connectivity index (χ4v) is 6.33. The average molecular weight is 613 g/mol. The Kier molecular flexibility index (Phi) is 9.33. The van der Waals surface area contributed by atoms with Crippen molar-refractivity contribution in [3.05, 3.63) is 99.0 Å². The fraction of sp³-hybridized carbons (Fsp3) is 0.323. The van der Waals surface area contributed by atoms with E-state index < -0.39 is 42.6 Å². The van der Waals surface area contributed by atoms with E-state index in [0.717, 1.165) is 12.8 Å². The van der Waals surface area contributed by atoms with Crippen LogP contribution in [-0.2, 0) is 21.0 Å². The maximum Gasteiger partial charge on any atom is 0.341 e. The minimum Gasteiger partial charge on any atom is -0.482 e. The van der Waals surface area contributed by atoms with Crippen LogP contribution in [0.15, 0.2) is 66.7 Å². The molecule has 0 radical (unpaired) electrons. The number of fused-ring (bicyclic) bond motifs is 1. The number of nitrogens with zero attached hydrogens (tertiary/aromatic N) is 1. The Labute approximate surface area is 252 Å². The second kappa shape index (κ2) is 13.1. The first-order valence-corrected chi connectivity index (χ1v) is 14.4. The lowest BCUT2D eigenvalue weighted by Gasteiger charge is -2.48. The van der Waals surface area contributed by atoms with Crippen molar-refractivity contribution in [3.63, 3.8) is 0 Å². The van der Waals surface area contributed by atoms with Crippen molar-refractivity contribution in [3.8, 4) is 5.75 Å². The molecule has 0 spiro atoms. The van der Waals surface area contributed by atoms with Crippen LogP contribution >= 0.6 is 23.2 Å². The molecule has 1 fully saturated rings. The molecule has 3 aromatic carbocycles. The van der Waals surface area contributed by atoms with Crippen LogP contribution in [0, 0.1) is 0 Å². The molecule has 1 saturated carbocycles. The van der Waals surface area contributed by atoms with E-state index >= 15 is 0 Å². The summed E-state index contributed by atoms with van der Waals surface area (Å²) in [5, 5.41) is 20.6. The molecular formula is C31H30Cl2N2O7. The van der Waals surface area contributed by atoms with E-state index in [0.29, 0.717) is 50.9 Å². The zero-order valence-electron chi connectivity index (χ0n) is 22.5. The van der Waals surface area contributed by atoms with Crippen LogP contribution < -0.4 is 10.2 Å². The van der Waals surface area contributed by atoms with Crippen LogP contribution in [0.1, 0.15) is 64.7 Å². The number of rotatable bonds is 9. The van der Waals surface area contributed by atoms with Gasteiger partial charge in [0.25, 0.3) is 11.8 Å². The van der Waals surface area contributed by atoms with Crippen molar-refractivity contribution in [2.75, 3.05) is 6.61 Å². The van der Waals surface area contributed by atoms with Crippen molar-refractivity contribution < 1.29 is 34.2 Å². The molecule has 220 valence electrons. The van der Waals surface area contributed by atoms with Gasteiger partial charge in [-0.2, -0.15) is 0 Å². The summed E-state index contributed by atoms with van der Waals surface area (Å²) in [6.45, 7) is -0.511. The van der Waals surface area contributed by atoms with Gasteiger partial charge in [0, 0.05) is 15.6 Å². The molecule has 2 amide bonds. The van der Waals surface area contributed by atoms with Crippen molar-refractivity contribution in [2.24, 2.45) is 0 Å². The van der Waals surface area contributed by atoms with Crippen LogP contribution in [0.3, 0.4) is 0 Å². The number of hydrogen-bond donors (Lipinski definition) is 3. The van der Waals surface area contributed by atoms with Gasteiger partial charge in [0.1, 0.15) is 5.75 Å². The van der Waals surface area contributed by atoms with Gasteiger partial charge in [-0.1, -0.05) is 72.4 Å². The van der Waals surface area contributed by atoms with Crippen molar-refractivity contribution in [2.45, 2.75) is 56.4 Å². The number of carboxylic acid groups (broad SMARTS) is 1. The van der Waals surface area contributed by atoms with Gasteiger partial charge in [-0.15, -0.1) is 0 Å². The average Bonchev–Trinajstić information content (AvgIpc) is 2.97. The van der Waals surface area contributed by atoms with Gasteiger partial charge < -0.3 is 19.8 Å². The summed E-state index contributed by atoms with van der Waals surface area (Å²) < 4.78 is 5.22. The van der Waals surface area contributed by atoms with Crippen LogP contribution in [0.25, 0.3) is 0 Å². The molecule has 1 aliphatic heterocycles. The first kappa shape index (κ1) is 29.8. The molecule has 1 heterocycles. The first-order valence-electron chi connectivity index (χ1n) is 13.6. The Balaban J connectivity index is 1.47. The van der Waals surface area contributed by atoms with E-state index in [1.165, 1.54) is 0 Å². The third kappa shape index (κ3) is 6.39. The Hall–Kier alpha value is -3.63. The number of nitrogens with one attached hydrogen (secondary N) is 1. The normalized spacial score (nSPS) is 21.9. The number of carbonyl (C=O) groups is 3. The number of halogens is 2. The fourth-order valence-electron chi connectivity index (χ4n) is 5.81. The quantitative estimate of drug-likeness (QED) is 0.280. The van der Waals surface area contributed by atoms with Crippen LogP contribution in [0.2, 0.25) is 10.0 Å². The Bertz CT molecular complexity index is 1480. The number of hydrogen-bond acceptors (Lipinski definition) is 6. The molecular weight excluding hydrogens is 583 g/mol. The number of hydroxylamine groups is 1. The van der Waals surface area contributed by atoms with Crippen molar-refractivity contribution in [1.82, 2.24) is 10.4 Å². The molecule has 0 bridgehead atoms.